The molecule has 2 aromatic rings. The second-order valence-electron chi connectivity index (χ2n) is 5.87. The molecular formula is C18H20N2O2S. The summed E-state index contributed by atoms with van der Waals surface area (Å²) in [5.41, 5.74) is 1.73. The number of aldehydes is 1. The van der Waals surface area contributed by atoms with Crippen molar-refractivity contribution in [1.82, 2.24) is 9.88 Å². The second-order valence-corrected chi connectivity index (χ2v) is 6.76. The van der Waals surface area contributed by atoms with Gasteiger partial charge in [0.05, 0.1) is 5.01 Å². The van der Waals surface area contributed by atoms with Crippen LogP contribution in [-0.4, -0.2) is 35.2 Å². The number of thiazole rings is 1. The Morgan fingerprint density at radius 2 is 2.00 bits per heavy atom. The maximum absolute atomic E-state index is 12.3. The van der Waals surface area contributed by atoms with Gasteiger partial charge in [-0.2, -0.15) is 0 Å². The zero-order chi connectivity index (χ0) is 16.1. The Bertz CT molecular complexity index is 661. The highest BCUT2D eigenvalue weighted by atomic mass is 32.1. The third-order valence-electron chi connectivity index (χ3n) is 4.33. The smallest absolute Gasteiger partial charge is 0.222 e. The van der Waals surface area contributed by atoms with E-state index >= 15 is 0 Å². The van der Waals surface area contributed by atoms with E-state index < -0.39 is 0 Å². The summed E-state index contributed by atoms with van der Waals surface area (Å²) in [6.07, 6.45) is 4.03. The number of aromatic nitrogens is 1. The first-order valence-corrected chi connectivity index (χ1v) is 8.86. The summed E-state index contributed by atoms with van der Waals surface area (Å²) in [5.74, 6) is 0.617. The van der Waals surface area contributed by atoms with E-state index in [0.29, 0.717) is 18.0 Å². The van der Waals surface area contributed by atoms with Gasteiger partial charge < -0.3 is 4.90 Å². The van der Waals surface area contributed by atoms with E-state index in [1.165, 1.54) is 5.56 Å². The summed E-state index contributed by atoms with van der Waals surface area (Å²) in [4.78, 5) is 29.4. The summed E-state index contributed by atoms with van der Waals surface area (Å²) >= 11 is 1.55. The summed E-state index contributed by atoms with van der Waals surface area (Å²) in [5, 5.41) is 2.84. The van der Waals surface area contributed by atoms with Crippen LogP contribution in [0.1, 0.15) is 46.2 Å². The van der Waals surface area contributed by atoms with Gasteiger partial charge in [0.2, 0.25) is 5.91 Å². The van der Waals surface area contributed by atoms with E-state index in [4.69, 9.17) is 0 Å². The van der Waals surface area contributed by atoms with Crippen molar-refractivity contribution in [3.05, 3.63) is 52.0 Å². The van der Waals surface area contributed by atoms with Gasteiger partial charge in [-0.1, -0.05) is 30.3 Å². The van der Waals surface area contributed by atoms with Crippen LogP contribution in [0.15, 0.2) is 35.7 Å². The molecule has 0 saturated carbocycles. The van der Waals surface area contributed by atoms with E-state index in [-0.39, 0.29) is 5.91 Å². The van der Waals surface area contributed by atoms with Crippen LogP contribution in [0.25, 0.3) is 0 Å². The molecule has 1 aliphatic heterocycles. The fourth-order valence-corrected chi connectivity index (χ4v) is 3.91. The van der Waals surface area contributed by atoms with Crippen LogP contribution in [0.5, 0.6) is 0 Å². The van der Waals surface area contributed by atoms with Crippen LogP contribution < -0.4 is 0 Å². The zero-order valence-electron chi connectivity index (χ0n) is 13.0. The van der Waals surface area contributed by atoms with Gasteiger partial charge in [0, 0.05) is 30.8 Å². The van der Waals surface area contributed by atoms with E-state index in [1.807, 2.05) is 23.1 Å². The van der Waals surface area contributed by atoms with E-state index in [9.17, 15) is 9.59 Å². The maximum Gasteiger partial charge on any atom is 0.222 e. The van der Waals surface area contributed by atoms with Crippen molar-refractivity contribution in [2.24, 2.45) is 0 Å². The van der Waals surface area contributed by atoms with Crippen LogP contribution in [0.4, 0.5) is 0 Å². The largest absolute Gasteiger partial charge is 0.343 e. The molecule has 0 N–H and O–H groups in total. The van der Waals surface area contributed by atoms with Crippen LogP contribution in [0.3, 0.4) is 0 Å². The highest BCUT2D eigenvalue weighted by Gasteiger charge is 2.25. The molecule has 0 spiro atoms. The minimum absolute atomic E-state index is 0.236. The monoisotopic (exact) mass is 328 g/mol. The van der Waals surface area contributed by atoms with Gasteiger partial charge >= 0.3 is 0 Å². The van der Waals surface area contributed by atoms with Crippen molar-refractivity contribution < 1.29 is 9.59 Å². The summed E-state index contributed by atoms with van der Waals surface area (Å²) in [7, 11) is 0. The Morgan fingerprint density at radius 1 is 1.26 bits per heavy atom. The molecule has 1 fully saturated rings. The van der Waals surface area contributed by atoms with Gasteiger partial charge in [-0.25, -0.2) is 4.98 Å². The molecule has 23 heavy (non-hydrogen) atoms. The first-order chi connectivity index (χ1) is 11.3. The number of rotatable bonds is 5. The number of amides is 1. The second kappa shape index (κ2) is 7.51. The number of nitrogens with zero attached hydrogens (tertiary/aromatic N) is 2. The van der Waals surface area contributed by atoms with Crippen LogP contribution in [0.2, 0.25) is 0 Å². The van der Waals surface area contributed by atoms with Gasteiger partial charge in [0.15, 0.2) is 6.29 Å². The minimum Gasteiger partial charge on any atom is -0.343 e. The molecule has 0 unspecified atom stereocenters. The molecule has 5 heteroatoms. The van der Waals surface area contributed by atoms with Crippen LogP contribution >= 0.6 is 11.3 Å². The number of hydrogen-bond donors (Lipinski definition) is 0. The minimum atomic E-state index is 0.236. The fraction of sp³-hybridized carbons (Fsp3) is 0.389. The first-order valence-electron chi connectivity index (χ1n) is 7.98. The Balaban J connectivity index is 1.48. The highest BCUT2D eigenvalue weighted by Crippen LogP contribution is 2.30. The third-order valence-corrected chi connectivity index (χ3v) is 5.35. The molecule has 1 saturated heterocycles. The number of likely N-dealkylation sites (tertiary alicyclic amines) is 1. The van der Waals surface area contributed by atoms with E-state index in [2.05, 4.69) is 17.1 Å². The van der Waals surface area contributed by atoms with Crippen molar-refractivity contribution in [2.75, 3.05) is 13.1 Å². The molecule has 0 atom stereocenters. The molecule has 1 aliphatic rings. The van der Waals surface area contributed by atoms with Crippen molar-refractivity contribution in [3.8, 4) is 0 Å². The van der Waals surface area contributed by atoms with Gasteiger partial charge in [-0.05, 0) is 24.8 Å². The van der Waals surface area contributed by atoms with E-state index in [0.717, 1.165) is 43.6 Å². The molecule has 1 aromatic heterocycles. The quantitative estimate of drug-likeness (QED) is 0.791. The van der Waals surface area contributed by atoms with Crippen molar-refractivity contribution >= 4 is 23.5 Å². The zero-order valence-corrected chi connectivity index (χ0v) is 13.8. The Hall–Kier alpha value is -2.01. The maximum atomic E-state index is 12.3. The Kier molecular flexibility index (Phi) is 5.18. The van der Waals surface area contributed by atoms with Crippen LogP contribution in [0, 0.1) is 0 Å². The lowest BCUT2D eigenvalue weighted by Gasteiger charge is -2.31. The predicted octanol–water partition coefficient (Wildman–Crippen LogP) is 3.29. The average molecular weight is 328 g/mol. The number of benzene rings is 1. The number of carbonyl (C=O) groups excluding carboxylic acids is 2. The van der Waals surface area contributed by atoms with Gasteiger partial charge in [0.1, 0.15) is 5.69 Å². The van der Waals surface area contributed by atoms with Crippen molar-refractivity contribution in [2.45, 2.75) is 31.6 Å². The third kappa shape index (κ3) is 4.05. The Labute approximate surface area is 140 Å². The molecule has 3 rings (SSSR count). The van der Waals surface area contributed by atoms with E-state index in [1.54, 1.807) is 16.7 Å². The highest BCUT2D eigenvalue weighted by molar-refractivity contribution is 7.09. The lowest BCUT2D eigenvalue weighted by molar-refractivity contribution is -0.132. The molecule has 120 valence electrons. The molecule has 2 heterocycles. The van der Waals surface area contributed by atoms with Crippen LogP contribution in [-0.2, 0) is 11.2 Å². The number of aryl methyl sites for hydroxylation is 1. The normalized spacial score (nSPS) is 15.6. The van der Waals surface area contributed by atoms with Gasteiger partial charge in [0.25, 0.3) is 0 Å². The molecular weight excluding hydrogens is 308 g/mol. The molecule has 0 radical (unpaired) electrons. The first kappa shape index (κ1) is 15.9. The SMILES string of the molecule is O=Cc1csc(C2CCN(C(=O)CCc3ccccc3)CC2)n1. The average Bonchev–Trinajstić information content (AvgIpc) is 3.10. The number of hydrogen-bond acceptors (Lipinski definition) is 4. The van der Waals surface area contributed by atoms with Crippen molar-refractivity contribution in [1.29, 1.82) is 0 Å². The molecule has 1 aromatic carbocycles. The topological polar surface area (TPSA) is 50.3 Å². The summed E-state index contributed by atoms with van der Waals surface area (Å²) in [6, 6.07) is 10.1. The number of carbonyl (C=O) groups is 2. The predicted molar refractivity (Wildman–Crippen MR) is 90.8 cm³/mol. The lowest BCUT2D eigenvalue weighted by atomic mass is 9.97. The molecule has 0 bridgehead atoms. The summed E-state index contributed by atoms with van der Waals surface area (Å²) < 4.78 is 0. The lowest BCUT2D eigenvalue weighted by Crippen LogP contribution is -2.38. The van der Waals surface area contributed by atoms with Crippen molar-refractivity contribution in [3.63, 3.8) is 0 Å². The molecule has 0 aliphatic carbocycles. The van der Waals surface area contributed by atoms with Gasteiger partial charge in [-0.15, -0.1) is 11.3 Å². The standard InChI is InChI=1S/C18H20N2O2S/c21-12-16-13-23-18(19-16)15-8-10-20(11-9-15)17(22)7-6-14-4-2-1-3-5-14/h1-5,12-13,15H,6-11H2. The summed E-state index contributed by atoms with van der Waals surface area (Å²) in [6.45, 7) is 1.57. The molecule has 1 amide bonds. The number of piperidine rings is 1. The van der Waals surface area contributed by atoms with Gasteiger partial charge in [-0.3, -0.25) is 9.59 Å². The fourth-order valence-electron chi connectivity index (χ4n) is 2.97. The Morgan fingerprint density at radius 3 is 2.65 bits per heavy atom. The molecule has 4 nitrogen and oxygen atoms in total.